The second kappa shape index (κ2) is 11.0. The number of hydrogen-bond donors (Lipinski definition) is 1. The van der Waals surface area contributed by atoms with Crippen LogP contribution in [0.25, 0.3) is 0 Å². The van der Waals surface area contributed by atoms with Gasteiger partial charge in [-0.1, -0.05) is 23.7 Å². The van der Waals surface area contributed by atoms with Crippen LogP contribution >= 0.6 is 11.6 Å². The van der Waals surface area contributed by atoms with Crippen molar-refractivity contribution in [3.63, 3.8) is 0 Å². The van der Waals surface area contributed by atoms with Gasteiger partial charge in [0.05, 0.1) is 18.2 Å². The highest BCUT2D eigenvalue weighted by molar-refractivity contribution is 6.31. The van der Waals surface area contributed by atoms with E-state index in [4.69, 9.17) is 16.3 Å². The third-order valence-electron chi connectivity index (χ3n) is 4.31. The minimum absolute atomic E-state index is 0.134. The van der Waals surface area contributed by atoms with Crippen LogP contribution in [0.5, 0.6) is 5.75 Å². The average molecular weight is 446 g/mol. The molecule has 1 saturated heterocycles. The van der Waals surface area contributed by atoms with Crippen LogP contribution < -0.4 is 10.1 Å². The molecule has 1 atom stereocenters. The first-order valence-electron chi connectivity index (χ1n) is 9.15. The number of carbonyl (C=O) groups is 1. The predicted octanol–water partition coefficient (Wildman–Crippen LogP) is 4.82. The predicted molar refractivity (Wildman–Crippen MR) is 108 cm³/mol. The van der Waals surface area contributed by atoms with Gasteiger partial charge < -0.3 is 19.7 Å². The van der Waals surface area contributed by atoms with Gasteiger partial charge in [0.1, 0.15) is 5.75 Å². The van der Waals surface area contributed by atoms with Crippen molar-refractivity contribution >= 4 is 24.3 Å². The molecule has 1 heterocycles. The molecular weight excluding hydrogens is 423 g/mol. The van der Waals surface area contributed by atoms with Crippen LogP contribution in [0.1, 0.15) is 18.9 Å². The van der Waals surface area contributed by atoms with Gasteiger partial charge in [0.25, 0.3) is 0 Å². The Bertz CT molecular complexity index is 812. The topological polar surface area (TPSA) is 63.2 Å². The molecule has 1 unspecified atom stereocenters. The second-order valence-corrected chi connectivity index (χ2v) is 7.12. The van der Waals surface area contributed by atoms with Crippen LogP contribution in [0.2, 0.25) is 0 Å². The van der Waals surface area contributed by atoms with Crippen LogP contribution in [-0.4, -0.2) is 43.7 Å². The first kappa shape index (κ1) is 23.8. The van der Waals surface area contributed by atoms with E-state index < -0.39 is 6.36 Å². The largest absolute Gasteiger partial charge is 0.573 e. The highest BCUT2D eigenvalue weighted by Crippen LogP contribution is 2.24. The maximum atomic E-state index is 12.3. The Labute approximate surface area is 178 Å². The van der Waals surface area contributed by atoms with E-state index in [0.717, 1.165) is 6.42 Å². The number of hydrogen-bond acceptors (Lipinski definition) is 4. The molecule has 0 spiro atoms. The summed E-state index contributed by atoms with van der Waals surface area (Å²) in [7, 11) is 0. The molecule has 164 valence electrons. The maximum absolute atomic E-state index is 12.3. The van der Waals surface area contributed by atoms with Crippen molar-refractivity contribution in [1.29, 1.82) is 0 Å². The number of rotatable bonds is 8. The van der Waals surface area contributed by atoms with Crippen molar-refractivity contribution in [2.24, 2.45) is 10.9 Å². The molecule has 10 heteroatoms. The van der Waals surface area contributed by atoms with Crippen molar-refractivity contribution in [3.05, 3.63) is 52.8 Å². The molecule has 2 amide bonds. The van der Waals surface area contributed by atoms with Crippen molar-refractivity contribution < 1.29 is 27.4 Å². The number of benzene rings is 1. The van der Waals surface area contributed by atoms with Gasteiger partial charge in [-0.15, -0.1) is 13.2 Å². The molecule has 30 heavy (non-hydrogen) atoms. The molecule has 1 aliphatic heterocycles. The second-order valence-electron chi connectivity index (χ2n) is 6.71. The Morgan fingerprint density at radius 2 is 2.23 bits per heavy atom. The minimum Gasteiger partial charge on any atom is -0.406 e. The van der Waals surface area contributed by atoms with Gasteiger partial charge in [-0.2, -0.15) is 0 Å². The number of carbonyl (C=O) groups excluding carboxylic acids is 1. The summed E-state index contributed by atoms with van der Waals surface area (Å²) >= 11 is 6.04. The molecule has 1 fully saturated rings. The number of likely N-dealkylation sites (tertiary alicyclic amines) is 1. The molecule has 0 bridgehead atoms. The number of halogens is 4. The third kappa shape index (κ3) is 8.08. The van der Waals surface area contributed by atoms with Crippen LogP contribution in [0.15, 0.2) is 52.3 Å². The monoisotopic (exact) mass is 445 g/mol. The molecule has 2 rings (SSSR count). The van der Waals surface area contributed by atoms with Gasteiger partial charge in [0, 0.05) is 30.9 Å². The summed E-state index contributed by atoms with van der Waals surface area (Å²) < 4.78 is 46.4. The van der Waals surface area contributed by atoms with Gasteiger partial charge >= 0.3 is 12.4 Å². The SMILES string of the molecule is C=N/C=C\C(Cl)=C(/C)NC(=O)N1CCC(COCc2cccc(OC(F)(F)F)c2)C1. The Morgan fingerprint density at radius 1 is 1.47 bits per heavy atom. The first-order chi connectivity index (χ1) is 14.2. The number of allylic oxidation sites excluding steroid dienone is 3. The Morgan fingerprint density at radius 3 is 2.93 bits per heavy atom. The molecule has 1 aromatic rings. The van der Waals surface area contributed by atoms with Crippen molar-refractivity contribution in [1.82, 2.24) is 10.2 Å². The lowest BCUT2D eigenvalue weighted by Crippen LogP contribution is -2.38. The Kier molecular flexibility index (Phi) is 8.73. The van der Waals surface area contributed by atoms with Crippen LogP contribution in [0, 0.1) is 5.92 Å². The van der Waals surface area contributed by atoms with Crippen LogP contribution in [0.3, 0.4) is 0 Å². The molecule has 1 N–H and O–H groups in total. The lowest BCUT2D eigenvalue weighted by atomic mass is 10.1. The zero-order valence-electron chi connectivity index (χ0n) is 16.4. The van der Waals surface area contributed by atoms with Gasteiger partial charge in [0.15, 0.2) is 0 Å². The minimum atomic E-state index is -4.73. The fourth-order valence-electron chi connectivity index (χ4n) is 2.87. The van der Waals surface area contributed by atoms with Gasteiger partial charge in [0.2, 0.25) is 0 Å². The van der Waals surface area contributed by atoms with E-state index in [2.05, 4.69) is 21.8 Å². The number of alkyl halides is 3. The molecule has 1 aliphatic rings. The summed E-state index contributed by atoms with van der Waals surface area (Å²) in [5.74, 6) is -0.150. The number of nitrogens with one attached hydrogen (secondary N) is 1. The smallest absolute Gasteiger partial charge is 0.406 e. The summed E-state index contributed by atoms with van der Waals surface area (Å²) in [4.78, 5) is 17.6. The van der Waals surface area contributed by atoms with E-state index in [1.807, 2.05) is 0 Å². The highest BCUT2D eigenvalue weighted by Gasteiger charge is 2.31. The lowest BCUT2D eigenvalue weighted by Gasteiger charge is -2.18. The van der Waals surface area contributed by atoms with E-state index in [-0.39, 0.29) is 24.3 Å². The highest BCUT2D eigenvalue weighted by atomic mass is 35.5. The van der Waals surface area contributed by atoms with Crippen molar-refractivity contribution in [2.75, 3.05) is 19.7 Å². The van der Waals surface area contributed by atoms with Crippen LogP contribution in [0.4, 0.5) is 18.0 Å². The molecule has 0 radical (unpaired) electrons. The van der Waals surface area contributed by atoms with Gasteiger partial charge in [-0.3, -0.25) is 4.99 Å². The quantitative estimate of drug-likeness (QED) is 0.461. The van der Waals surface area contributed by atoms with Crippen molar-refractivity contribution in [3.8, 4) is 5.75 Å². The molecule has 0 saturated carbocycles. The summed E-state index contributed by atoms with van der Waals surface area (Å²) in [5.41, 5.74) is 1.07. The van der Waals surface area contributed by atoms with Crippen molar-refractivity contribution in [2.45, 2.75) is 26.3 Å². The Hall–Kier alpha value is -2.52. The third-order valence-corrected chi connectivity index (χ3v) is 4.72. The fourth-order valence-corrected chi connectivity index (χ4v) is 2.97. The molecule has 6 nitrogen and oxygen atoms in total. The fraction of sp³-hybridized carbons (Fsp3) is 0.400. The summed E-state index contributed by atoms with van der Waals surface area (Å²) in [6.45, 7) is 6.61. The molecular formula is C20H23ClF3N3O3. The first-order valence-corrected chi connectivity index (χ1v) is 9.53. The summed E-state index contributed by atoms with van der Waals surface area (Å²) in [6.07, 6.45) is -1.02. The van der Waals surface area contributed by atoms with Gasteiger partial charge in [-0.25, -0.2) is 4.79 Å². The zero-order chi connectivity index (χ0) is 22.1. The number of aliphatic imine (C=N–C) groups is 1. The molecule has 0 aromatic heterocycles. The summed E-state index contributed by atoms with van der Waals surface area (Å²) in [6, 6.07) is 5.40. The number of urea groups is 1. The summed E-state index contributed by atoms with van der Waals surface area (Å²) in [5, 5.41) is 3.09. The number of nitrogens with zero attached hydrogens (tertiary/aromatic N) is 2. The molecule has 1 aromatic carbocycles. The van der Waals surface area contributed by atoms with E-state index in [1.54, 1.807) is 17.9 Å². The standard InChI is InChI=1S/C20H23ClF3N3O3/c1-14(18(21)6-8-25-2)26-19(28)27-9-7-16(11-27)13-29-12-15-4-3-5-17(10-15)30-20(22,23)24/h3-6,8,10,16H,2,7,9,11-13H2,1H3,(H,26,28)/b8-6-,18-14-. The van der Waals surface area contributed by atoms with E-state index >= 15 is 0 Å². The average Bonchev–Trinajstić information content (AvgIpc) is 3.14. The Balaban J connectivity index is 1.78. The zero-order valence-corrected chi connectivity index (χ0v) is 17.2. The maximum Gasteiger partial charge on any atom is 0.573 e. The number of ether oxygens (including phenoxy) is 2. The van der Waals surface area contributed by atoms with E-state index in [9.17, 15) is 18.0 Å². The van der Waals surface area contributed by atoms with E-state index in [1.165, 1.54) is 30.5 Å². The van der Waals surface area contributed by atoms with E-state index in [0.29, 0.717) is 36.0 Å². The molecule has 0 aliphatic carbocycles. The van der Waals surface area contributed by atoms with Gasteiger partial charge in [-0.05, 0) is 43.8 Å². The van der Waals surface area contributed by atoms with Crippen LogP contribution in [-0.2, 0) is 11.3 Å². The lowest BCUT2D eigenvalue weighted by molar-refractivity contribution is -0.274. The number of amides is 2. The normalized spacial score (nSPS) is 17.8.